The van der Waals surface area contributed by atoms with Crippen LogP contribution in [0.15, 0.2) is 24.3 Å². The summed E-state index contributed by atoms with van der Waals surface area (Å²) in [4.78, 5) is 4.76. The van der Waals surface area contributed by atoms with E-state index in [1.165, 1.54) is 41.8 Å². The highest BCUT2D eigenvalue weighted by atomic mass is 32.1. The van der Waals surface area contributed by atoms with Gasteiger partial charge in [-0.05, 0) is 25.1 Å². The van der Waals surface area contributed by atoms with Crippen LogP contribution in [0, 0.1) is 0 Å². The summed E-state index contributed by atoms with van der Waals surface area (Å²) in [6.45, 7) is 5.50. The maximum absolute atomic E-state index is 4.76. The normalized spacial score (nSPS) is 12.9. The predicted octanol–water partition coefficient (Wildman–Crippen LogP) is 4.79. The van der Waals surface area contributed by atoms with Crippen molar-refractivity contribution in [2.75, 3.05) is 6.54 Å². The molecule has 0 saturated heterocycles. The van der Waals surface area contributed by atoms with Crippen LogP contribution >= 0.6 is 11.3 Å². The van der Waals surface area contributed by atoms with Crippen LogP contribution in [0.4, 0.5) is 0 Å². The standard InChI is InChI=1S/C17H26N2S/c1-3-5-6-7-10-14(18-4-2)13-17-19-15-11-8-9-12-16(15)20-17/h8-9,11-12,14,18H,3-7,10,13H2,1-2H3. The number of unbranched alkanes of at least 4 members (excludes halogenated alkanes) is 3. The lowest BCUT2D eigenvalue weighted by atomic mass is 10.0. The fourth-order valence-corrected chi connectivity index (χ4v) is 3.65. The Bertz CT molecular complexity index is 473. The molecule has 2 aromatic rings. The van der Waals surface area contributed by atoms with Crippen LogP contribution in [0.1, 0.15) is 51.0 Å². The lowest BCUT2D eigenvalue weighted by Crippen LogP contribution is -2.30. The Morgan fingerprint density at radius 3 is 2.75 bits per heavy atom. The number of thiazole rings is 1. The smallest absolute Gasteiger partial charge is 0.0954 e. The molecular formula is C17H26N2S. The quantitative estimate of drug-likeness (QED) is 0.672. The van der Waals surface area contributed by atoms with Crippen LogP contribution in [0.3, 0.4) is 0 Å². The van der Waals surface area contributed by atoms with E-state index in [1.807, 2.05) is 11.3 Å². The van der Waals surface area contributed by atoms with Gasteiger partial charge in [-0.3, -0.25) is 0 Å². The van der Waals surface area contributed by atoms with Gasteiger partial charge in [0.2, 0.25) is 0 Å². The summed E-state index contributed by atoms with van der Waals surface area (Å²) in [7, 11) is 0. The first-order valence-corrected chi connectivity index (χ1v) is 8.73. The summed E-state index contributed by atoms with van der Waals surface area (Å²) in [6, 6.07) is 9.02. The van der Waals surface area contributed by atoms with Crippen LogP contribution in [0.2, 0.25) is 0 Å². The zero-order chi connectivity index (χ0) is 14.2. The first-order chi connectivity index (χ1) is 9.83. The number of fused-ring (bicyclic) bond motifs is 1. The van der Waals surface area contributed by atoms with Gasteiger partial charge >= 0.3 is 0 Å². The number of rotatable bonds is 9. The molecule has 3 heteroatoms. The van der Waals surface area contributed by atoms with E-state index >= 15 is 0 Å². The molecule has 1 aromatic carbocycles. The summed E-state index contributed by atoms with van der Waals surface area (Å²) < 4.78 is 1.31. The van der Waals surface area contributed by atoms with Gasteiger partial charge in [0.05, 0.1) is 15.2 Å². The van der Waals surface area contributed by atoms with Crippen molar-refractivity contribution in [1.82, 2.24) is 10.3 Å². The molecule has 0 aliphatic rings. The second kappa shape index (κ2) is 8.38. The predicted molar refractivity (Wildman–Crippen MR) is 89.5 cm³/mol. The number of benzene rings is 1. The maximum Gasteiger partial charge on any atom is 0.0954 e. The van der Waals surface area contributed by atoms with Gasteiger partial charge in [-0.15, -0.1) is 11.3 Å². The van der Waals surface area contributed by atoms with Crippen LogP contribution in [0.5, 0.6) is 0 Å². The first kappa shape index (κ1) is 15.5. The first-order valence-electron chi connectivity index (χ1n) is 7.91. The third kappa shape index (κ3) is 4.57. The highest BCUT2D eigenvalue weighted by Gasteiger charge is 2.11. The topological polar surface area (TPSA) is 24.9 Å². The minimum Gasteiger partial charge on any atom is -0.314 e. The molecule has 0 aliphatic heterocycles. The summed E-state index contributed by atoms with van der Waals surface area (Å²) in [5, 5.41) is 4.89. The van der Waals surface area contributed by atoms with Crippen molar-refractivity contribution in [2.45, 2.75) is 58.4 Å². The van der Waals surface area contributed by atoms with E-state index < -0.39 is 0 Å². The molecule has 110 valence electrons. The van der Waals surface area contributed by atoms with Gasteiger partial charge in [0, 0.05) is 12.5 Å². The molecule has 2 nitrogen and oxygen atoms in total. The molecule has 0 bridgehead atoms. The number of nitrogens with zero attached hydrogens (tertiary/aromatic N) is 1. The summed E-state index contributed by atoms with van der Waals surface area (Å²) in [5.74, 6) is 0. The Balaban J connectivity index is 1.92. The molecule has 1 unspecified atom stereocenters. The maximum atomic E-state index is 4.76. The third-order valence-electron chi connectivity index (χ3n) is 3.66. The SMILES string of the molecule is CCCCCCC(Cc1nc2ccccc2s1)NCC. The molecule has 0 radical (unpaired) electrons. The van der Waals surface area contributed by atoms with Crippen molar-refractivity contribution < 1.29 is 0 Å². The average molecular weight is 290 g/mol. The van der Waals surface area contributed by atoms with Gasteiger partial charge in [-0.2, -0.15) is 0 Å². The zero-order valence-electron chi connectivity index (χ0n) is 12.7. The average Bonchev–Trinajstić information content (AvgIpc) is 2.86. The zero-order valence-corrected chi connectivity index (χ0v) is 13.5. The minimum atomic E-state index is 0.581. The fraction of sp³-hybridized carbons (Fsp3) is 0.588. The van der Waals surface area contributed by atoms with E-state index in [0.717, 1.165) is 18.5 Å². The third-order valence-corrected chi connectivity index (χ3v) is 4.72. The van der Waals surface area contributed by atoms with Gasteiger partial charge in [-0.25, -0.2) is 4.98 Å². The Hall–Kier alpha value is -0.930. The largest absolute Gasteiger partial charge is 0.314 e. The van der Waals surface area contributed by atoms with Gasteiger partial charge < -0.3 is 5.32 Å². The summed E-state index contributed by atoms with van der Waals surface area (Å²) in [5.41, 5.74) is 1.15. The Morgan fingerprint density at radius 2 is 2.00 bits per heavy atom. The molecule has 2 rings (SSSR count). The lowest BCUT2D eigenvalue weighted by molar-refractivity contribution is 0.463. The molecule has 1 N–H and O–H groups in total. The van der Waals surface area contributed by atoms with Crippen LogP contribution in [-0.4, -0.2) is 17.6 Å². The lowest BCUT2D eigenvalue weighted by Gasteiger charge is -2.16. The van der Waals surface area contributed by atoms with E-state index in [0.29, 0.717) is 6.04 Å². The Kier molecular flexibility index (Phi) is 6.48. The van der Waals surface area contributed by atoms with Crippen LogP contribution < -0.4 is 5.32 Å². The van der Waals surface area contributed by atoms with Gasteiger partial charge in [0.1, 0.15) is 0 Å². The fourth-order valence-electron chi connectivity index (χ4n) is 2.60. The number of hydrogen-bond acceptors (Lipinski definition) is 3. The monoisotopic (exact) mass is 290 g/mol. The van der Waals surface area contributed by atoms with Gasteiger partial charge in [0.15, 0.2) is 0 Å². The van der Waals surface area contributed by atoms with Crippen molar-refractivity contribution in [1.29, 1.82) is 0 Å². The number of aromatic nitrogens is 1. The molecule has 1 atom stereocenters. The van der Waals surface area contributed by atoms with E-state index in [9.17, 15) is 0 Å². The summed E-state index contributed by atoms with van der Waals surface area (Å²) in [6.07, 6.45) is 7.70. The van der Waals surface area contributed by atoms with Crippen molar-refractivity contribution >= 4 is 21.6 Å². The Labute approximate surface area is 126 Å². The minimum absolute atomic E-state index is 0.581. The molecule has 0 fully saturated rings. The van der Waals surface area contributed by atoms with E-state index in [1.54, 1.807) is 0 Å². The second-order valence-corrected chi connectivity index (χ2v) is 6.50. The highest BCUT2D eigenvalue weighted by molar-refractivity contribution is 7.18. The highest BCUT2D eigenvalue weighted by Crippen LogP contribution is 2.23. The van der Waals surface area contributed by atoms with E-state index in [2.05, 4.69) is 43.4 Å². The second-order valence-electron chi connectivity index (χ2n) is 5.38. The van der Waals surface area contributed by atoms with Gasteiger partial charge in [-0.1, -0.05) is 51.7 Å². The van der Waals surface area contributed by atoms with E-state index in [4.69, 9.17) is 4.98 Å². The van der Waals surface area contributed by atoms with Crippen LogP contribution in [0.25, 0.3) is 10.2 Å². The van der Waals surface area contributed by atoms with E-state index in [-0.39, 0.29) is 0 Å². The number of likely N-dealkylation sites (N-methyl/N-ethyl adjacent to an activating group) is 1. The molecule has 0 aliphatic carbocycles. The van der Waals surface area contributed by atoms with Crippen molar-refractivity contribution in [2.24, 2.45) is 0 Å². The number of hydrogen-bond donors (Lipinski definition) is 1. The molecule has 0 saturated carbocycles. The summed E-state index contributed by atoms with van der Waals surface area (Å²) >= 11 is 1.84. The van der Waals surface area contributed by atoms with Crippen molar-refractivity contribution in [3.05, 3.63) is 29.3 Å². The molecule has 20 heavy (non-hydrogen) atoms. The van der Waals surface area contributed by atoms with Crippen molar-refractivity contribution in [3.63, 3.8) is 0 Å². The van der Waals surface area contributed by atoms with Crippen molar-refractivity contribution in [3.8, 4) is 0 Å². The Morgan fingerprint density at radius 1 is 1.15 bits per heavy atom. The molecule has 0 spiro atoms. The molecule has 0 amide bonds. The van der Waals surface area contributed by atoms with Gasteiger partial charge in [0.25, 0.3) is 0 Å². The molecule has 1 heterocycles. The molecular weight excluding hydrogens is 264 g/mol. The van der Waals surface area contributed by atoms with Crippen LogP contribution in [-0.2, 0) is 6.42 Å². The number of para-hydroxylation sites is 1. The molecule has 1 aromatic heterocycles. The number of nitrogens with one attached hydrogen (secondary N) is 1.